The molecule has 0 unspecified atom stereocenters. The second-order valence-electron chi connectivity index (χ2n) is 6.78. The first-order chi connectivity index (χ1) is 13.5. The number of rotatable bonds is 5. The number of hydrogen-bond acceptors (Lipinski definition) is 4. The summed E-state index contributed by atoms with van der Waals surface area (Å²) in [6, 6.07) is 11.7. The van der Waals surface area contributed by atoms with Crippen LogP contribution in [0.5, 0.6) is 0 Å². The summed E-state index contributed by atoms with van der Waals surface area (Å²) < 4.78 is 7.02. The fourth-order valence-corrected chi connectivity index (χ4v) is 4.46. The van der Waals surface area contributed by atoms with E-state index in [1.807, 2.05) is 43.3 Å². The van der Waals surface area contributed by atoms with Gasteiger partial charge in [0.25, 0.3) is 0 Å². The van der Waals surface area contributed by atoms with Crippen LogP contribution in [0.1, 0.15) is 50.4 Å². The molecule has 2 aromatic rings. The molecule has 0 aromatic carbocycles. The molecule has 0 atom stereocenters. The van der Waals surface area contributed by atoms with Gasteiger partial charge in [0.2, 0.25) is 0 Å². The highest BCUT2D eigenvalue weighted by atomic mass is 79.9. The number of carbonyl (C=O) groups excluding carboxylic acids is 1. The summed E-state index contributed by atoms with van der Waals surface area (Å²) in [6.45, 7) is 2.32. The van der Waals surface area contributed by atoms with E-state index < -0.39 is 0 Å². The van der Waals surface area contributed by atoms with Crippen LogP contribution in [0.4, 0.5) is 0 Å². The van der Waals surface area contributed by atoms with Crippen molar-refractivity contribution in [2.75, 3.05) is 6.61 Å². The van der Waals surface area contributed by atoms with Gasteiger partial charge in [0.05, 0.1) is 17.7 Å². The maximum atomic E-state index is 12.3. The third-order valence-corrected chi connectivity index (χ3v) is 6.18. The number of carbonyl (C=O) groups is 1. The van der Waals surface area contributed by atoms with Crippen molar-refractivity contribution >= 4 is 53.8 Å². The highest BCUT2D eigenvalue weighted by Crippen LogP contribution is 2.40. The summed E-state index contributed by atoms with van der Waals surface area (Å²) in [5.74, 6) is -0.0449. The quantitative estimate of drug-likeness (QED) is 0.227. The second kappa shape index (κ2) is 12.0. The zero-order valence-corrected chi connectivity index (χ0v) is 20.7. The lowest BCUT2D eigenvalue weighted by Gasteiger charge is -2.34. The molecule has 0 saturated heterocycles. The first-order valence-corrected chi connectivity index (χ1v) is 12.2. The standard InChI is InChI=1S/C15H20BrNO2.C6H5Br2N/c1-2-19-14(18)15(9-4-3-5-10-15)11-12-7-6-8-13(16)17-12;7-4-5-2-1-3-6(8)9-5/h6-8H,2-5,9-11H2,1H3;1-3H,4H2. The van der Waals surface area contributed by atoms with Crippen LogP contribution < -0.4 is 0 Å². The molecule has 0 aliphatic heterocycles. The lowest BCUT2D eigenvalue weighted by Crippen LogP contribution is -2.37. The van der Waals surface area contributed by atoms with Gasteiger partial charge < -0.3 is 4.74 Å². The van der Waals surface area contributed by atoms with Gasteiger partial charge in [-0.05, 0) is 75.9 Å². The molecule has 1 aliphatic rings. The van der Waals surface area contributed by atoms with Gasteiger partial charge in [-0.1, -0.05) is 47.3 Å². The van der Waals surface area contributed by atoms with E-state index in [9.17, 15) is 4.79 Å². The maximum Gasteiger partial charge on any atom is 0.312 e. The average molecular weight is 577 g/mol. The normalized spacial score (nSPS) is 15.3. The third kappa shape index (κ3) is 7.23. The molecule has 1 aliphatic carbocycles. The minimum atomic E-state index is -0.359. The zero-order chi connectivity index (χ0) is 20.4. The van der Waals surface area contributed by atoms with Crippen molar-refractivity contribution in [3.8, 4) is 0 Å². The predicted molar refractivity (Wildman–Crippen MR) is 122 cm³/mol. The van der Waals surface area contributed by atoms with E-state index >= 15 is 0 Å². The van der Waals surface area contributed by atoms with Crippen molar-refractivity contribution < 1.29 is 9.53 Å². The lowest BCUT2D eigenvalue weighted by atomic mass is 9.71. The topological polar surface area (TPSA) is 52.1 Å². The Morgan fingerprint density at radius 2 is 1.57 bits per heavy atom. The maximum absolute atomic E-state index is 12.3. The molecule has 152 valence electrons. The van der Waals surface area contributed by atoms with Crippen molar-refractivity contribution in [3.63, 3.8) is 0 Å². The number of halogens is 3. The van der Waals surface area contributed by atoms with Crippen LogP contribution in [0, 0.1) is 5.41 Å². The summed E-state index contributed by atoms with van der Waals surface area (Å²) in [7, 11) is 0. The van der Waals surface area contributed by atoms with Crippen LogP contribution in [-0.2, 0) is 21.3 Å². The molecular formula is C21H25Br3N2O2. The van der Waals surface area contributed by atoms with Gasteiger partial charge in [-0.2, -0.15) is 0 Å². The first-order valence-electron chi connectivity index (χ1n) is 9.45. The third-order valence-electron chi connectivity index (χ3n) is 4.72. The molecule has 2 heterocycles. The van der Waals surface area contributed by atoms with Crippen LogP contribution in [-0.4, -0.2) is 22.5 Å². The largest absolute Gasteiger partial charge is 0.466 e. The van der Waals surface area contributed by atoms with Crippen molar-refractivity contribution in [3.05, 3.63) is 57.0 Å². The summed E-state index contributed by atoms with van der Waals surface area (Å²) in [6.07, 6.45) is 5.94. The van der Waals surface area contributed by atoms with Crippen molar-refractivity contribution in [1.82, 2.24) is 9.97 Å². The van der Waals surface area contributed by atoms with E-state index in [0.717, 1.165) is 51.6 Å². The number of aromatic nitrogens is 2. The summed E-state index contributed by atoms with van der Waals surface area (Å²) in [5.41, 5.74) is 1.65. The Morgan fingerprint density at radius 3 is 2.07 bits per heavy atom. The van der Waals surface area contributed by atoms with Crippen LogP contribution in [0.3, 0.4) is 0 Å². The molecule has 3 rings (SSSR count). The van der Waals surface area contributed by atoms with Gasteiger partial charge in [0, 0.05) is 17.4 Å². The molecule has 1 saturated carbocycles. The molecule has 0 amide bonds. The van der Waals surface area contributed by atoms with E-state index in [1.54, 1.807) is 0 Å². The Kier molecular flexibility index (Phi) is 10.1. The molecule has 2 aromatic heterocycles. The van der Waals surface area contributed by atoms with Crippen LogP contribution in [0.2, 0.25) is 0 Å². The smallest absolute Gasteiger partial charge is 0.312 e. The van der Waals surface area contributed by atoms with Crippen LogP contribution in [0.15, 0.2) is 45.6 Å². The lowest BCUT2D eigenvalue weighted by molar-refractivity contribution is -0.157. The SMILES string of the molecule is BrCc1cccc(Br)n1.CCOC(=O)C1(Cc2cccc(Br)n2)CCCCC1. The monoisotopic (exact) mass is 574 g/mol. The van der Waals surface area contributed by atoms with E-state index in [-0.39, 0.29) is 11.4 Å². The number of esters is 1. The molecule has 0 spiro atoms. The molecule has 7 heteroatoms. The van der Waals surface area contributed by atoms with Crippen LogP contribution >= 0.6 is 47.8 Å². The zero-order valence-electron chi connectivity index (χ0n) is 16.0. The fraction of sp³-hybridized carbons (Fsp3) is 0.476. The van der Waals surface area contributed by atoms with E-state index in [4.69, 9.17) is 4.74 Å². The Balaban J connectivity index is 0.000000261. The van der Waals surface area contributed by atoms with Gasteiger partial charge in [-0.15, -0.1) is 0 Å². The highest BCUT2D eigenvalue weighted by molar-refractivity contribution is 9.10. The number of pyridine rings is 2. The number of alkyl halides is 1. The second-order valence-corrected chi connectivity index (χ2v) is 8.96. The minimum Gasteiger partial charge on any atom is -0.466 e. The molecule has 0 radical (unpaired) electrons. The Morgan fingerprint density at radius 1 is 1.00 bits per heavy atom. The molecule has 0 bridgehead atoms. The van der Waals surface area contributed by atoms with Crippen molar-refractivity contribution in [2.45, 2.75) is 50.8 Å². The van der Waals surface area contributed by atoms with E-state index in [1.165, 1.54) is 6.42 Å². The first kappa shape index (κ1) is 23.5. The van der Waals surface area contributed by atoms with Crippen LogP contribution in [0.25, 0.3) is 0 Å². The van der Waals surface area contributed by atoms with E-state index in [0.29, 0.717) is 13.0 Å². The fourth-order valence-electron chi connectivity index (χ4n) is 3.39. The Labute approximate surface area is 192 Å². The molecule has 1 fully saturated rings. The van der Waals surface area contributed by atoms with Gasteiger partial charge >= 0.3 is 5.97 Å². The molecule has 4 nitrogen and oxygen atoms in total. The van der Waals surface area contributed by atoms with Crippen molar-refractivity contribution in [1.29, 1.82) is 0 Å². The Bertz CT molecular complexity index is 765. The predicted octanol–water partition coefficient (Wildman–Crippen LogP) is 6.64. The molecule has 28 heavy (non-hydrogen) atoms. The number of ether oxygens (including phenoxy) is 1. The molecular weight excluding hydrogens is 552 g/mol. The summed E-state index contributed by atoms with van der Waals surface area (Å²) in [4.78, 5) is 21.0. The summed E-state index contributed by atoms with van der Waals surface area (Å²) >= 11 is 9.96. The summed E-state index contributed by atoms with van der Waals surface area (Å²) in [5, 5.41) is 0.812. The number of hydrogen-bond donors (Lipinski definition) is 0. The minimum absolute atomic E-state index is 0.0449. The average Bonchev–Trinajstić information content (AvgIpc) is 2.69. The Hall–Kier alpha value is -0.790. The van der Waals surface area contributed by atoms with Crippen molar-refractivity contribution in [2.24, 2.45) is 5.41 Å². The van der Waals surface area contributed by atoms with Gasteiger partial charge in [-0.3, -0.25) is 4.79 Å². The van der Waals surface area contributed by atoms with Gasteiger partial charge in [0.1, 0.15) is 9.21 Å². The van der Waals surface area contributed by atoms with Gasteiger partial charge in [-0.25, -0.2) is 9.97 Å². The van der Waals surface area contributed by atoms with E-state index in [2.05, 4.69) is 57.8 Å². The highest BCUT2D eigenvalue weighted by Gasteiger charge is 2.41. The molecule has 0 N–H and O–H groups in total. The van der Waals surface area contributed by atoms with Gasteiger partial charge in [0.15, 0.2) is 0 Å². The number of nitrogens with zero attached hydrogens (tertiary/aromatic N) is 2.